The summed E-state index contributed by atoms with van der Waals surface area (Å²) in [7, 11) is 0. The Morgan fingerprint density at radius 2 is 2.23 bits per heavy atom. The molecule has 0 amide bonds. The molecule has 1 saturated carbocycles. The lowest BCUT2D eigenvalue weighted by molar-refractivity contribution is -0.118. The number of carbonyl (C=O) groups excluding carboxylic acids is 1. The van der Waals surface area contributed by atoms with E-state index in [2.05, 4.69) is 19.9 Å². The first-order valence-corrected chi connectivity index (χ1v) is 5.35. The zero-order valence-corrected chi connectivity index (χ0v) is 8.55. The van der Waals surface area contributed by atoms with E-state index in [1.165, 1.54) is 19.3 Å². The van der Waals surface area contributed by atoms with Crippen LogP contribution < -0.4 is 0 Å². The molecule has 0 radical (unpaired) electrons. The van der Waals surface area contributed by atoms with E-state index in [-0.39, 0.29) is 0 Å². The second-order valence-electron chi connectivity index (χ2n) is 4.90. The van der Waals surface area contributed by atoms with Crippen molar-refractivity contribution in [2.45, 2.75) is 39.5 Å². The fraction of sp³-hybridized carbons (Fsp3) is 0.750. The Labute approximate surface area is 80.2 Å². The molecule has 0 aromatic rings. The van der Waals surface area contributed by atoms with Crippen LogP contribution in [0.4, 0.5) is 0 Å². The lowest BCUT2D eigenvalue weighted by Gasteiger charge is -2.46. The summed E-state index contributed by atoms with van der Waals surface area (Å²) >= 11 is 0. The molecule has 0 unspecified atom stereocenters. The Balaban J connectivity index is 2.30. The van der Waals surface area contributed by atoms with Crippen LogP contribution in [-0.2, 0) is 4.79 Å². The molecule has 0 N–H and O–H groups in total. The SMILES string of the molecule is C[C@H]1CCC[C@H]2CC(=O)C=C[C@@]21C. The summed E-state index contributed by atoms with van der Waals surface area (Å²) in [6.45, 7) is 4.65. The highest BCUT2D eigenvalue weighted by molar-refractivity contribution is 5.91. The topological polar surface area (TPSA) is 17.1 Å². The number of hydrogen-bond acceptors (Lipinski definition) is 1. The van der Waals surface area contributed by atoms with Crippen LogP contribution in [0.3, 0.4) is 0 Å². The number of fused-ring (bicyclic) bond motifs is 1. The van der Waals surface area contributed by atoms with Gasteiger partial charge in [0.2, 0.25) is 0 Å². The van der Waals surface area contributed by atoms with Crippen molar-refractivity contribution in [1.82, 2.24) is 0 Å². The maximum atomic E-state index is 11.3. The lowest BCUT2D eigenvalue weighted by atomic mass is 9.58. The molecule has 0 spiro atoms. The average Bonchev–Trinajstić information content (AvgIpc) is 2.09. The van der Waals surface area contributed by atoms with Crippen LogP contribution >= 0.6 is 0 Å². The Hall–Kier alpha value is -0.590. The van der Waals surface area contributed by atoms with Crippen molar-refractivity contribution in [2.75, 3.05) is 0 Å². The van der Waals surface area contributed by atoms with Crippen molar-refractivity contribution in [3.05, 3.63) is 12.2 Å². The predicted octanol–water partition coefficient (Wildman–Crippen LogP) is 2.96. The first kappa shape index (κ1) is 8.98. The van der Waals surface area contributed by atoms with Gasteiger partial charge in [0.15, 0.2) is 5.78 Å². The summed E-state index contributed by atoms with van der Waals surface area (Å²) in [5.74, 6) is 1.70. The number of hydrogen-bond donors (Lipinski definition) is 0. The largest absolute Gasteiger partial charge is 0.295 e. The summed E-state index contributed by atoms with van der Waals surface area (Å²) in [4.78, 5) is 11.3. The molecule has 2 rings (SSSR count). The molecular weight excluding hydrogens is 160 g/mol. The molecule has 1 nitrogen and oxygen atoms in total. The first-order valence-electron chi connectivity index (χ1n) is 5.35. The summed E-state index contributed by atoms with van der Waals surface area (Å²) in [6, 6.07) is 0. The fourth-order valence-corrected chi connectivity index (χ4v) is 2.90. The van der Waals surface area contributed by atoms with Gasteiger partial charge < -0.3 is 0 Å². The van der Waals surface area contributed by atoms with Crippen LogP contribution in [0.2, 0.25) is 0 Å². The van der Waals surface area contributed by atoms with Crippen molar-refractivity contribution < 1.29 is 4.79 Å². The zero-order valence-electron chi connectivity index (χ0n) is 8.55. The third-order valence-corrected chi connectivity index (χ3v) is 4.21. The van der Waals surface area contributed by atoms with Gasteiger partial charge in [0.1, 0.15) is 0 Å². The van der Waals surface area contributed by atoms with E-state index < -0.39 is 0 Å². The van der Waals surface area contributed by atoms with Crippen molar-refractivity contribution in [3.8, 4) is 0 Å². The van der Waals surface area contributed by atoms with Gasteiger partial charge in [-0.05, 0) is 36.2 Å². The van der Waals surface area contributed by atoms with Crippen LogP contribution in [-0.4, -0.2) is 5.78 Å². The van der Waals surface area contributed by atoms with Gasteiger partial charge in [-0.2, -0.15) is 0 Å². The molecule has 0 aromatic heterocycles. The number of carbonyl (C=O) groups is 1. The van der Waals surface area contributed by atoms with Crippen molar-refractivity contribution in [3.63, 3.8) is 0 Å². The van der Waals surface area contributed by atoms with Gasteiger partial charge in [0.25, 0.3) is 0 Å². The van der Waals surface area contributed by atoms with E-state index in [4.69, 9.17) is 0 Å². The lowest BCUT2D eigenvalue weighted by Crippen LogP contribution is -2.39. The van der Waals surface area contributed by atoms with Crippen molar-refractivity contribution in [1.29, 1.82) is 0 Å². The Kier molecular flexibility index (Phi) is 2.05. The van der Waals surface area contributed by atoms with E-state index in [0.29, 0.717) is 17.1 Å². The summed E-state index contributed by atoms with van der Waals surface area (Å²) in [5.41, 5.74) is 0.312. The normalized spacial score (nSPS) is 44.6. The highest BCUT2D eigenvalue weighted by Gasteiger charge is 2.42. The first-order chi connectivity index (χ1) is 6.13. The molecule has 2 aliphatic carbocycles. The fourth-order valence-electron chi connectivity index (χ4n) is 2.90. The average molecular weight is 178 g/mol. The maximum Gasteiger partial charge on any atom is 0.155 e. The minimum Gasteiger partial charge on any atom is -0.295 e. The standard InChI is InChI=1S/C12H18O/c1-9-4-3-5-10-8-11(13)6-7-12(9,10)2/h6-7,9-10H,3-5,8H2,1-2H3/t9-,10-,12+/m0/s1. The van der Waals surface area contributed by atoms with Gasteiger partial charge in [-0.3, -0.25) is 4.79 Å². The highest BCUT2D eigenvalue weighted by Crippen LogP contribution is 2.49. The molecule has 0 bridgehead atoms. The molecule has 0 aliphatic heterocycles. The van der Waals surface area contributed by atoms with Gasteiger partial charge in [-0.15, -0.1) is 0 Å². The van der Waals surface area contributed by atoms with E-state index in [1.807, 2.05) is 0 Å². The van der Waals surface area contributed by atoms with Gasteiger partial charge in [0.05, 0.1) is 0 Å². The summed E-state index contributed by atoms with van der Waals surface area (Å²) in [5, 5.41) is 0. The van der Waals surface area contributed by atoms with Gasteiger partial charge in [-0.1, -0.05) is 26.3 Å². The molecule has 0 aromatic carbocycles. The molecule has 1 fully saturated rings. The minimum absolute atomic E-state index is 0.312. The predicted molar refractivity (Wildman–Crippen MR) is 53.4 cm³/mol. The monoisotopic (exact) mass is 178 g/mol. The van der Waals surface area contributed by atoms with Gasteiger partial charge in [0, 0.05) is 6.42 Å². The molecule has 0 saturated heterocycles. The van der Waals surface area contributed by atoms with E-state index in [9.17, 15) is 4.79 Å². The quantitative estimate of drug-likeness (QED) is 0.557. The Bertz CT molecular complexity index is 254. The maximum absolute atomic E-state index is 11.3. The van der Waals surface area contributed by atoms with Crippen molar-refractivity contribution >= 4 is 5.78 Å². The second-order valence-corrected chi connectivity index (χ2v) is 4.90. The van der Waals surface area contributed by atoms with Crippen LogP contribution in [0.15, 0.2) is 12.2 Å². The Morgan fingerprint density at radius 3 is 3.00 bits per heavy atom. The van der Waals surface area contributed by atoms with Crippen molar-refractivity contribution in [2.24, 2.45) is 17.3 Å². The third kappa shape index (κ3) is 1.34. The van der Waals surface area contributed by atoms with Gasteiger partial charge >= 0.3 is 0 Å². The van der Waals surface area contributed by atoms with Gasteiger partial charge in [-0.25, -0.2) is 0 Å². The van der Waals surface area contributed by atoms with E-state index >= 15 is 0 Å². The molecule has 72 valence electrons. The van der Waals surface area contributed by atoms with E-state index in [0.717, 1.165) is 12.3 Å². The molecule has 0 heterocycles. The van der Waals surface area contributed by atoms with Crippen LogP contribution in [0.1, 0.15) is 39.5 Å². The van der Waals surface area contributed by atoms with E-state index in [1.54, 1.807) is 6.08 Å². The molecule has 1 heteroatoms. The highest BCUT2D eigenvalue weighted by atomic mass is 16.1. The minimum atomic E-state index is 0.312. The Morgan fingerprint density at radius 1 is 1.46 bits per heavy atom. The number of rotatable bonds is 0. The molecule has 13 heavy (non-hydrogen) atoms. The van der Waals surface area contributed by atoms with Crippen LogP contribution in [0.5, 0.6) is 0 Å². The smallest absolute Gasteiger partial charge is 0.155 e. The third-order valence-electron chi connectivity index (χ3n) is 4.21. The second kappa shape index (κ2) is 2.97. The zero-order chi connectivity index (χ0) is 9.47. The van der Waals surface area contributed by atoms with Crippen LogP contribution in [0.25, 0.3) is 0 Å². The summed E-state index contributed by atoms with van der Waals surface area (Å²) < 4.78 is 0. The number of allylic oxidation sites excluding steroid dienone is 2. The molecule has 2 aliphatic rings. The summed E-state index contributed by atoms with van der Waals surface area (Å²) in [6.07, 6.45) is 8.65. The number of ketones is 1. The molecular formula is C12H18O. The van der Waals surface area contributed by atoms with Crippen LogP contribution in [0, 0.1) is 17.3 Å². The molecule has 3 atom stereocenters.